The SMILES string of the molecule is Cc1csc(Nc2cc(Oc3cc(C(=O)O)ccc3F)ccn2)n1.Cl. The highest BCUT2D eigenvalue weighted by molar-refractivity contribution is 7.13. The maximum atomic E-state index is 13.8. The molecule has 130 valence electrons. The van der Waals surface area contributed by atoms with Crippen LogP contribution in [0.3, 0.4) is 0 Å². The minimum Gasteiger partial charge on any atom is -0.478 e. The molecule has 3 aromatic rings. The Labute approximate surface area is 152 Å². The Hall–Kier alpha value is -2.71. The number of nitrogens with one attached hydrogen (secondary N) is 1. The quantitative estimate of drug-likeness (QED) is 0.669. The zero-order chi connectivity index (χ0) is 17.1. The van der Waals surface area contributed by atoms with Crippen LogP contribution in [-0.4, -0.2) is 21.0 Å². The van der Waals surface area contributed by atoms with Crippen LogP contribution in [0.15, 0.2) is 41.9 Å². The Morgan fingerprint density at radius 1 is 1.32 bits per heavy atom. The van der Waals surface area contributed by atoms with Crippen LogP contribution in [0.2, 0.25) is 0 Å². The van der Waals surface area contributed by atoms with Crippen molar-refractivity contribution in [3.8, 4) is 11.5 Å². The van der Waals surface area contributed by atoms with Crippen LogP contribution in [-0.2, 0) is 0 Å². The van der Waals surface area contributed by atoms with Gasteiger partial charge in [-0.1, -0.05) is 0 Å². The first-order valence-corrected chi connectivity index (χ1v) is 7.75. The lowest BCUT2D eigenvalue weighted by Gasteiger charge is -2.09. The number of aromatic carboxylic acids is 1. The number of benzene rings is 1. The summed E-state index contributed by atoms with van der Waals surface area (Å²) in [5, 5.41) is 14.6. The van der Waals surface area contributed by atoms with Gasteiger partial charge in [-0.05, 0) is 31.2 Å². The van der Waals surface area contributed by atoms with Gasteiger partial charge in [-0.15, -0.1) is 23.7 Å². The number of rotatable bonds is 5. The average molecular weight is 382 g/mol. The normalized spacial score (nSPS) is 10.0. The fourth-order valence-electron chi connectivity index (χ4n) is 1.91. The standard InChI is InChI=1S/C16H12FN3O3S.ClH/c1-9-8-24-16(19-9)20-14-7-11(4-5-18-14)23-13-6-10(15(21)22)2-3-12(13)17;/h2-8H,1H3,(H,21,22)(H,18,19,20);1H. The fraction of sp³-hybridized carbons (Fsp3) is 0.0625. The molecule has 0 aliphatic heterocycles. The van der Waals surface area contributed by atoms with E-state index in [9.17, 15) is 9.18 Å². The summed E-state index contributed by atoms with van der Waals surface area (Å²) in [4.78, 5) is 19.4. The smallest absolute Gasteiger partial charge is 0.335 e. The summed E-state index contributed by atoms with van der Waals surface area (Å²) in [5.41, 5.74) is 0.833. The van der Waals surface area contributed by atoms with Crippen molar-refractivity contribution in [3.63, 3.8) is 0 Å². The topological polar surface area (TPSA) is 84.3 Å². The molecule has 1 aromatic carbocycles. The molecule has 2 heterocycles. The molecule has 9 heteroatoms. The van der Waals surface area contributed by atoms with E-state index in [0.29, 0.717) is 16.7 Å². The fourth-order valence-corrected chi connectivity index (χ4v) is 2.60. The number of carboxylic acids is 1. The third-order valence-corrected chi connectivity index (χ3v) is 3.87. The number of ether oxygens (including phenoxy) is 1. The van der Waals surface area contributed by atoms with Crippen LogP contribution in [0, 0.1) is 12.7 Å². The predicted molar refractivity (Wildman–Crippen MR) is 95.1 cm³/mol. The van der Waals surface area contributed by atoms with Gasteiger partial charge in [0.1, 0.15) is 11.6 Å². The highest BCUT2D eigenvalue weighted by atomic mass is 35.5. The second kappa shape index (κ2) is 7.91. The number of carbonyl (C=O) groups is 1. The van der Waals surface area contributed by atoms with E-state index in [4.69, 9.17) is 9.84 Å². The van der Waals surface area contributed by atoms with Gasteiger partial charge in [0, 0.05) is 17.6 Å². The van der Waals surface area contributed by atoms with E-state index in [1.807, 2.05) is 12.3 Å². The minimum atomic E-state index is -1.16. The van der Waals surface area contributed by atoms with E-state index >= 15 is 0 Å². The summed E-state index contributed by atoms with van der Waals surface area (Å²) in [7, 11) is 0. The maximum Gasteiger partial charge on any atom is 0.335 e. The first kappa shape index (κ1) is 18.6. The van der Waals surface area contributed by atoms with Crippen LogP contribution in [0.4, 0.5) is 15.3 Å². The molecule has 3 rings (SSSR count). The Kier molecular flexibility index (Phi) is 5.89. The zero-order valence-electron chi connectivity index (χ0n) is 12.9. The highest BCUT2D eigenvalue weighted by Gasteiger charge is 2.11. The van der Waals surface area contributed by atoms with Gasteiger partial charge in [-0.2, -0.15) is 0 Å². The Bertz CT molecular complexity index is 904. The minimum absolute atomic E-state index is 0. The third kappa shape index (κ3) is 4.65. The molecule has 0 bridgehead atoms. The summed E-state index contributed by atoms with van der Waals surface area (Å²) in [6.07, 6.45) is 1.50. The molecule has 0 saturated heterocycles. The van der Waals surface area contributed by atoms with Gasteiger partial charge in [0.05, 0.1) is 11.3 Å². The van der Waals surface area contributed by atoms with Crippen LogP contribution < -0.4 is 10.1 Å². The van der Waals surface area contributed by atoms with Crippen molar-refractivity contribution in [2.75, 3.05) is 5.32 Å². The largest absolute Gasteiger partial charge is 0.478 e. The van der Waals surface area contributed by atoms with Crippen LogP contribution in [0.5, 0.6) is 11.5 Å². The van der Waals surface area contributed by atoms with Crippen molar-refractivity contribution < 1.29 is 19.0 Å². The van der Waals surface area contributed by atoms with Crippen molar-refractivity contribution in [1.82, 2.24) is 9.97 Å². The molecule has 0 aliphatic carbocycles. The lowest BCUT2D eigenvalue weighted by Crippen LogP contribution is -1.98. The van der Waals surface area contributed by atoms with Crippen molar-refractivity contribution in [2.24, 2.45) is 0 Å². The Morgan fingerprint density at radius 2 is 2.12 bits per heavy atom. The number of hydrogen-bond donors (Lipinski definition) is 2. The molecule has 0 atom stereocenters. The van der Waals surface area contributed by atoms with Gasteiger partial charge < -0.3 is 15.2 Å². The molecule has 25 heavy (non-hydrogen) atoms. The number of carboxylic acid groups (broad SMARTS) is 1. The summed E-state index contributed by atoms with van der Waals surface area (Å²) in [6.45, 7) is 1.88. The van der Waals surface area contributed by atoms with Gasteiger partial charge in [-0.25, -0.2) is 19.2 Å². The molecule has 0 aliphatic rings. The van der Waals surface area contributed by atoms with E-state index in [1.54, 1.807) is 12.1 Å². The van der Waals surface area contributed by atoms with E-state index in [0.717, 1.165) is 17.8 Å². The number of hydrogen-bond acceptors (Lipinski definition) is 6. The monoisotopic (exact) mass is 381 g/mol. The Morgan fingerprint density at radius 3 is 2.80 bits per heavy atom. The molecule has 2 aromatic heterocycles. The molecule has 0 radical (unpaired) electrons. The van der Waals surface area contributed by atoms with Crippen LogP contribution in [0.25, 0.3) is 0 Å². The lowest BCUT2D eigenvalue weighted by molar-refractivity contribution is 0.0696. The van der Waals surface area contributed by atoms with Crippen molar-refractivity contribution in [1.29, 1.82) is 0 Å². The highest BCUT2D eigenvalue weighted by Crippen LogP contribution is 2.28. The molecule has 0 unspecified atom stereocenters. The van der Waals surface area contributed by atoms with Crippen LogP contribution in [0.1, 0.15) is 16.1 Å². The number of nitrogens with zero attached hydrogens (tertiary/aromatic N) is 2. The molecule has 0 spiro atoms. The summed E-state index contributed by atoms with van der Waals surface area (Å²) < 4.78 is 19.3. The van der Waals surface area contributed by atoms with Gasteiger partial charge in [0.15, 0.2) is 16.7 Å². The average Bonchev–Trinajstić information content (AvgIpc) is 2.94. The second-order valence-corrected chi connectivity index (χ2v) is 5.71. The number of pyridine rings is 1. The van der Waals surface area contributed by atoms with Gasteiger partial charge in [0.2, 0.25) is 0 Å². The number of halogens is 2. The predicted octanol–water partition coefficient (Wildman–Crippen LogP) is 4.64. The summed E-state index contributed by atoms with van der Waals surface area (Å²) >= 11 is 1.43. The number of anilines is 2. The van der Waals surface area contributed by atoms with Gasteiger partial charge in [0.25, 0.3) is 0 Å². The van der Waals surface area contributed by atoms with E-state index < -0.39 is 11.8 Å². The van der Waals surface area contributed by atoms with Crippen molar-refractivity contribution >= 4 is 40.7 Å². The van der Waals surface area contributed by atoms with Gasteiger partial charge in [-0.3, -0.25) is 0 Å². The molecular weight excluding hydrogens is 369 g/mol. The summed E-state index contributed by atoms with van der Waals surface area (Å²) in [5.74, 6) is -1.17. The van der Waals surface area contributed by atoms with E-state index in [-0.39, 0.29) is 23.7 Å². The summed E-state index contributed by atoms with van der Waals surface area (Å²) in [6, 6.07) is 6.48. The van der Waals surface area contributed by atoms with E-state index in [1.165, 1.54) is 23.6 Å². The number of thiazole rings is 1. The first-order valence-electron chi connectivity index (χ1n) is 6.87. The van der Waals surface area contributed by atoms with Crippen molar-refractivity contribution in [2.45, 2.75) is 6.92 Å². The maximum absolute atomic E-state index is 13.8. The lowest BCUT2D eigenvalue weighted by atomic mass is 10.2. The molecule has 0 fully saturated rings. The second-order valence-electron chi connectivity index (χ2n) is 4.85. The number of aromatic nitrogens is 2. The third-order valence-electron chi connectivity index (χ3n) is 2.99. The molecular formula is C16H13ClFN3O3S. The first-order chi connectivity index (χ1) is 11.5. The van der Waals surface area contributed by atoms with E-state index in [2.05, 4.69) is 15.3 Å². The molecule has 6 nitrogen and oxygen atoms in total. The van der Waals surface area contributed by atoms with Gasteiger partial charge >= 0.3 is 5.97 Å². The molecule has 0 saturated carbocycles. The van der Waals surface area contributed by atoms with Crippen molar-refractivity contribution in [3.05, 3.63) is 59.0 Å². The molecule has 2 N–H and O–H groups in total. The molecule has 0 amide bonds. The number of aryl methyl sites for hydroxylation is 1. The Balaban J connectivity index is 0.00000225. The zero-order valence-corrected chi connectivity index (χ0v) is 14.5. The van der Waals surface area contributed by atoms with Crippen LogP contribution >= 0.6 is 23.7 Å².